The Bertz CT molecular complexity index is 1090. The van der Waals surface area contributed by atoms with E-state index in [-0.39, 0.29) is 31.1 Å². The van der Waals surface area contributed by atoms with Gasteiger partial charge in [-0.15, -0.1) is 12.8 Å². The number of terminal acetylenes is 2. The summed E-state index contributed by atoms with van der Waals surface area (Å²) in [6.45, 7) is 0.147. The zero-order valence-electron chi connectivity index (χ0n) is 19.0. The molecule has 0 saturated heterocycles. The molecule has 1 aliphatic rings. The van der Waals surface area contributed by atoms with Gasteiger partial charge in [-0.3, -0.25) is 4.79 Å². The summed E-state index contributed by atoms with van der Waals surface area (Å²) < 4.78 is 16.8. The van der Waals surface area contributed by atoms with Crippen molar-refractivity contribution >= 4 is 29.1 Å². The molecule has 2 aromatic rings. The maximum Gasteiger partial charge on any atom is 0.254 e. The Labute approximate surface area is 211 Å². The van der Waals surface area contributed by atoms with Crippen LogP contribution in [0.2, 0.25) is 10.0 Å². The zero-order valence-corrected chi connectivity index (χ0v) is 20.5. The van der Waals surface area contributed by atoms with E-state index in [0.29, 0.717) is 27.1 Å². The first-order chi connectivity index (χ1) is 16.5. The van der Waals surface area contributed by atoms with Crippen LogP contribution in [0, 0.1) is 24.7 Å². The second-order valence-electron chi connectivity index (χ2n) is 7.98. The molecule has 1 fully saturated rings. The summed E-state index contributed by atoms with van der Waals surface area (Å²) in [5.74, 6) is 5.90. The van der Waals surface area contributed by atoms with E-state index in [1.54, 1.807) is 25.3 Å². The molecule has 1 aliphatic carbocycles. The third-order valence-electron chi connectivity index (χ3n) is 5.84. The SMILES string of the molecule is C#CCOc1ccc(C2CCCC[C@H]2NC(=O)C(OCC#C)c2ccc(Cl)c(Cl)c2)cc1OC. The highest BCUT2D eigenvalue weighted by molar-refractivity contribution is 6.42. The largest absolute Gasteiger partial charge is 0.493 e. The summed E-state index contributed by atoms with van der Waals surface area (Å²) >= 11 is 12.2. The van der Waals surface area contributed by atoms with Crippen molar-refractivity contribution < 1.29 is 19.0 Å². The normalized spacial score (nSPS) is 18.3. The molecule has 3 atom stereocenters. The van der Waals surface area contributed by atoms with E-state index >= 15 is 0 Å². The van der Waals surface area contributed by atoms with Crippen molar-refractivity contribution in [2.45, 2.75) is 43.7 Å². The molecular weight excluding hydrogens is 473 g/mol. The number of ether oxygens (including phenoxy) is 3. The molecule has 1 saturated carbocycles. The van der Waals surface area contributed by atoms with Gasteiger partial charge in [0, 0.05) is 12.0 Å². The molecule has 1 N–H and O–H groups in total. The highest BCUT2D eigenvalue weighted by Gasteiger charge is 2.31. The molecule has 3 rings (SSSR count). The fraction of sp³-hybridized carbons (Fsp3) is 0.370. The number of hydrogen-bond donors (Lipinski definition) is 1. The van der Waals surface area contributed by atoms with E-state index in [1.165, 1.54) is 0 Å². The minimum atomic E-state index is -0.900. The first-order valence-corrected chi connectivity index (χ1v) is 11.8. The van der Waals surface area contributed by atoms with Crippen LogP contribution in [0.3, 0.4) is 0 Å². The Balaban J connectivity index is 1.82. The molecule has 2 aromatic carbocycles. The van der Waals surface area contributed by atoms with Gasteiger partial charge in [-0.1, -0.05) is 60.0 Å². The van der Waals surface area contributed by atoms with Gasteiger partial charge in [0.15, 0.2) is 17.6 Å². The van der Waals surface area contributed by atoms with Crippen LogP contribution in [0.4, 0.5) is 0 Å². The predicted molar refractivity (Wildman–Crippen MR) is 134 cm³/mol. The predicted octanol–water partition coefficient (Wildman–Crippen LogP) is 5.55. The average molecular weight is 500 g/mol. The van der Waals surface area contributed by atoms with Gasteiger partial charge >= 0.3 is 0 Å². The summed E-state index contributed by atoms with van der Waals surface area (Å²) in [5, 5.41) is 3.93. The second kappa shape index (κ2) is 12.6. The van der Waals surface area contributed by atoms with Gasteiger partial charge in [0.1, 0.15) is 13.2 Å². The van der Waals surface area contributed by atoms with Crippen molar-refractivity contribution in [2.24, 2.45) is 0 Å². The highest BCUT2D eigenvalue weighted by Crippen LogP contribution is 2.38. The Kier molecular flexibility index (Phi) is 9.54. The van der Waals surface area contributed by atoms with Crippen LogP contribution >= 0.6 is 23.2 Å². The van der Waals surface area contributed by atoms with E-state index in [1.807, 2.05) is 18.2 Å². The van der Waals surface area contributed by atoms with E-state index in [9.17, 15) is 4.79 Å². The highest BCUT2D eigenvalue weighted by atomic mass is 35.5. The number of carbonyl (C=O) groups is 1. The van der Waals surface area contributed by atoms with Gasteiger partial charge in [0.2, 0.25) is 0 Å². The van der Waals surface area contributed by atoms with Gasteiger partial charge in [-0.05, 0) is 48.2 Å². The van der Waals surface area contributed by atoms with Crippen LogP contribution in [0.5, 0.6) is 11.5 Å². The Hall–Kier alpha value is -2.83. The van der Waals surface area contributed by atoms with Crippen LogP contribution in [-0.4, -0.2) is 32.3 Å². The van der Waals surface area contributed by atoms with Crippen molar-refractivity contribution in [3.63, 3.8) is 0 Å². The molecule has 0 spiro atoms. The number of methoxy groups -OCH3 is 1. The number of rotatable bonds is 9. The molecule has 0 aromatic heterocycles. The zero-order chi connectivity index (χ0) is 24.5. The molecule has 34 heavy (non-hydrogen) atoms. The van der Waals surface area contributed by atoms with Gasteiger partial charge < -0.3 is 19.5 Å². The lowest BCUT2D eigenvalue weighted by molar-refractivity contribution is -0.133. The van der Waals surface area contributed by atoms with Gasteiger partial charge in [0.05, 0.1) is 17.2 Å². The number of amides is 1. The van der Waals surface area contributed by atoms with Crippen molar-refractivity contribution in [3.05, 3.63) is 57.6 Å². The monoisotopic (exact) mass is 499 g/mol. The minimum Gasteiger partial charge on any atom is -0.493 e. The van der Waals surface area contributed by atoms with Gasteiger partial charge in [-0.25, -0.2) is 0 Å². The summed E-state index contributed by atoms with van der Waals surface area (Å²) in [4.78, 5) is 13.3. The van der Waals surface area contributed by atoms with Crippen LogP contribution in [0.25, 0.3) is 0 Å². The van der Waals surface area contributed by atoms with Crippen LogP contribution in [0.1, 0.15) is 48.8 Å². The Morgan fingerprint density at radius 2 is 1.82 bits per heavy atom. The third-order valence-corrected chi connectivity index (χ3v) is 6.58. The smallest absolute Gasteiger partial charge is 0.254 e. The van der Waals surface area contributed by atoms with Crippen molar-refractivity contribution in [2.75, 3.05) is 20.3 Å². The lowest BCUT2D eigenvalue weighted by Gasteiger charge is -2.34. The first-order valence-electron chi connectivity index (χ1n) is 11.0. The summed E-state index contributed by atoms with van der Waals surface area (Å²) in [5.41, 5.74) is 1.65. The Morgan fingerprint density at radius 3 is 2.53 bits per heavy atom. The quantitative estimate of drug-likeness (QED) is 0.459. The summed E-state index contributed by atoms with van der Waals surface area (Å²) in [7, 11) is 1.59. The fourth-order valence-electron chi connectivity index (χ4n) is 4.24. The minimum absolute atomic E-state index is 0.0112. The molecule has 0 radical (unpaired) electrons. The molecular formula is C27H27Cl2NO4. The van der Waals surface area contributed by atoms with E-state index < -0.39 is 6.10 Å². The van der Waals surface area contributed by atoms with Gasteiger partial charge in [-0.2, -0.15) is 0 Å². The fourth-order valence-corrected chi connectivity index (χ4v) is 4.55. The summed E-state index contributed by atoms with van der Waals surface area (Å²) in [6.07, 6.45) is 13.6. The number of halogens is 2. The molecule has 0 heterocycles. The Morgan fingerprint density at radius 1 is 1.06 bits per heavy atom. The van der Waals surface area contributed by atoms with Crippen LogP contribution in [-0.2, 0) is 9.53 Å². The number of nitrogens with one attached hydrogen (secondary N) is 1. The van der Waals surface area contributed by atoms with Crippen LogP contribution in [0.15, 0.2) is 36.4 Å². The molecule has 2 unspecified atom stereocenters. The summed E-state index contributed by atoms with van der Waals surface area (Å²) in [6, 6.07) is 10.7. The molecule has 0 aliphatic heterocycles. The second-order valence-corrected chi connectivity index (χ2v) is 8.79. The molecule has 1 amide bonds. The number of benzene rings is 2. The van der Waals surface area contributed by atoms with Gasteiger partial charge in [0.25, 0.3) is 5.91 Å². The molecule has 5 nitrogen and oxygen atoms in total. The maximum atomic E-state index is 13.3. The van der Waals surface area contributed by atoms with E-state index in [0.717, 1.165) is 31.2 Å². The van der Waals surface area contributed by atoms with Crippen molar-refractivity contribution in [3.8, 4) is 36.2 Å². The molecule has 0 bridgehead atoms. The molecule has 7 heteroatoms. The standard InChI is InChI=1S/C27H27Cl2NO4/c1-4-14-33-24-13-11-18(17-25(24)32-3)20-8-6-7-9-23(20)30-27(31)26(34-15-5-2)19-10-12-21(28)22(29)16-19/h1-2,10-13,16-17,20,23,26H,6-9,14-15H2,3H3,(H,30,31)/t20?,23-,26?/m1/s1. The third kappa shape index (κ3) is 6.39. The number of carbonyl (C=O) groups excluding carboxylic acids is 1. The average Bonchev–Trinajstić information content (AvgIpc) is 2.85. The lowest BCUT2D eigenvalue weighted by atomic mass is 9.79. The van der Waals surface area contributed by atoms with E-state index in [2.05, 4.69) is 17.2 Å². The number of hydrogen-bond acceptors (Lipinski definition) is 4. The topological polar surface area (TPSA) is 56.8 Å². The van der Waals surface area contributed by atoms with Crippen molar-refractivity contribution in [1.82, 2.24) is 5.32 Å². The first kappa shape index (κ1) is 25.8. The van der Waals surface area contributed by atoms with Crippen molar-refractivity contribution in [1.29, 1.82) is 0 Å². The van der Waals surface area contributed by atoms with E-state index in [4.69, 9.17) is 50.3 Å². The molecule has 178 valence electrons. The lowest BCUT2D eigenvalue weighted by Crippen LogP contribution is -2.43. The maximum absolute atomic E-state index is 13.3. The van der Waals surface area contributed by atoms with Crippen LogP contribution < -0.4 is 14.8 Å².